The summed E-state index contributed by atoms with van der Waals surface area (Å²) < 4.78 is 0. The number of anilines is 1. The highest BCUT2D eigenvalue weighted by Crippen LogP contribution is 2.32. The van der Waals surface area contributed by atoms with Crippen LogP contribution in [0, 0.1) is 5.92 Å². The Hall–Kier alpha value is -2.51. The number of hydrogen-bond acceptors (Lipinski definition) is 6. The summed E-state index contributed by atoms with van der Waals surface area (Å²) in [7, 11) is 4.03. The van der Waals surface area contributed by atoms with Crippen LogP contribution >= 0.6 is 0 Å². The fraction of sp³-hybridized carbons (Fsp3) is 0.542. The van der Waals surface area contributed by atoms with Crippen LogP contribution in [-0.4, -0.2) is 77.4 Å². The molecular weight excluding hydrogens is 388 g/mol. The van der Waals surface area contributed by atoms with Gasteiger partial charge < -0.3 is 15.1 Å². The summed E-state index contributed by atoms with van der Waals surface area (Å²) in [6.45, 7) is 5.52. The van der Waals surface area contributed by atoms with Crippen molar-refractivity contribution in [2.24, 2.45) is 5.92 Å². The van der Waals surface area contributed by atoms with Gasteiger partial charge in [-0.3, -0.25) is 9.69 Å². The lowest BCUT2D eigenvalue weighted by atomic mass is 9.97. The van der Waals surface area contributed by atoms with E-state index in [1.807, 2.05) is 19.0 Å². The molecule has 1 amide bonds. The maximum atomic E-state index is 13.1. The highest BCUT2D eigenvalue weighted by atomic mass is 16.2. The summed E-state index contributed by atoms with van der Waals surface area (Å²) in [5, 5.41) is 3.43. The second kappa shape index (κ2) is 10.2. The van der Waals surface area contributed by atoms with Gasteiger partial charge in [-0.1, -0.05) is 12.1 Å². The minimum atomic E-state index is 0.0677. The van der Waals surface area contributed by atoms with E-state index in [2.05, 4.69) is 43.3 Å². The second-order valence-corrected chi connectivity index (χ2v) is 9.01. The number of nitrogens with one attached hydrogen (secondary N) is 1. The van der Waals surface area contributed by atoms with Gasteiger partial charge in [-0.2, -0.15) is 0 Å². The zero-order valence-corrected chi connectivity index (χ0v) is 18.8. The van der Waals surface area contributed by atoms with E-state index in [1.165, 1.54) is 30.5 Å². The number of fused-ring (bicyclic) bond motifs is 1. The number of aromatic nitrogens is 2. The smallest absolute Gasteiger partial charge is 0.242 e. The van der Waals surface area contributed by atoms with Crippen LogP contribution in [0.5, 0.6) is 0 Å². The molecule has 31 heavy (non-hydrogen) atoms. The molecule has 7 nitrogen and oxygen atoms in total. The van der Waals surface area contributed by atoms with Crippen LogP contribution in [0.4, 0.5) is 5.69 Å². The quantitative estimate of drug-likeness (QED) is 0.634. The van der Waals surface area contributed by atoms with Gasteiger partial charge in [0.15, 0.2) is 0 Å². The van der Waals surface area contributed by atoms with Crippen LogP contribution in [0.2, 0.25) is 0 Å². The fourth-order valence-corrected chi connectivity index (χ4v) is 4.13. The summed E-state index contributed by atoms with van der Waals surface area (Å²) in [4.78, 5) is 28.2. The number of hydrogen-bond donors (Lipinski definition) is 1. The van der Waals surface area contributed by atoms with Gasteiger partial charge in [0.1, 0.15) is 5.82 Å². The molecule has 0 saturated heterocycles. The molecule has 2 heterocycles. The van der Waals surface area contributed by atoms with Gasteiger partial charge in [0.05, 0.1) is 13.1 Å². The van der Waals surface area contributed by atoms with Crippen LogP contribution in [0.3, 0.4) is 0 Å². The first-order valence-corrected chi connectivity index (χ1v) is 11.3. The Balaban J connectivity index is 1.38. The molecule has 1 fully saturated rings. The molecule has 1 N–H and O–H groups in total. The second-order valence-electron chi connectivity index (χ2n) is 9.01. The van der Waals surface area contributed by atoms with Gasteiger partial charge in [-0.05, 0) is 62.5 Å². The van der Waals surface area contributed by atoms with Crippen LogP contribution in [-0.2, 0) is 24.3 Å². The average molecular weight is 423 g/mol. The van der Waals surface area contributed by atoms with E-state index in [0.717, 1.165) is 37.7 Å². The van der Waals surface area contributed by atoms with Gasteiger partial charge in [0.25, 0.3) is 0 Å². The molecule has 0 spiro atoms. The Morgan fingerprint density at radius 3 is 2.71 bits per heavy atom. The van der Waals surface area contributed by atoms with Crippen molar-refractivity contribution in [1.29, 1.82) is 0 Å². The lowest BCUT2D eigenvalue weighted by Crippen LogP contribution is -2.40. The number of benzene rings is 1. The first kappa shape index (κ1) is 21.7. The monoisotopic (exact) mass is 422 g/mol. The molecular formula is C24H34N6O. The largest absolute Gasteiger partial charge is 0.376 e. The average Bonchev–Trinajstić information content (AvgIpc) is 3.59. The van der Waals surface area contributed by atoms with Crippen molar-refractivity contribution < 1.29 is 4.79 Å². The summed E-state index contributed by atoms with van der Waals surface area (Å²) in [6.07, 6.45) is 7.27. The molecule has 1 aliphatic carbocycles. The predicted molar refractivity (Wildman–Crippen MR) is 123 cm³/mol. The Bertz CT molecular complexity index is 868. The number of nitrogens with zero attached hydrogens (tertiary/aromatic N) is 5. The SMILES string of the molecule is CN(C)CCN(Cc1ncccn1)C(=O)CNc1cccc2c1CCN(CC1CC1)C2. The van der Waals surface area contributed by atoms with Crippen LogP contribution in [0.25, 0.3) is 0 Å². The third-order valence-electron chi connectivity index (χ3n) is 6.11. The Morgan fingerprint density at radius 2 is 1.97 bits per heavy atom. The van der Waals surface area contributed by atoms with Gasteiger partial charge in [-0.15, -0.1) is 0 Å². The highest BCUT2D eigenvalue weighted by Gasteiger charge is 2.27. The minimum Gasteiger partial charge on any atom is -0.376 e. The molecule has 1 saturated carbocycles. The molecule has 0 unspecified atom stereocenters. The molecule has 2 aliphatic rings. The number of rotatable bonds is 10. The van der Waals surface area contributed by atoms with Crippen molar-refractivity contribution in [3.8, 4) is 0 Å². The molecule has 166 valence electrons. The maximum absolute atomic E-state index is 13.1. The topological polar surface area (TPSA) is 64.6 Å². The third kappa shape index (κ3) is 6.24. The lowest BCUT2D eigenvalue weighted by Gasteiger charge is -2.30. The van der Waals surface area contributed by atoms with Crippen molar-refractivity contribution in [1.82, 2.24) is 24.7 Å². The molecule has 1 aliphatic heterocycles. The van der Waals surface area contributed by atoms with Crippen molar-refractivity contribution in [3.63, 3.8) is 0 Å². The van der Waals surface area contributed by atoms with E-state index in [9.17, 15) is 4.79 Å². The summed E-state index contributed by atoms with van der Waals surface area (Å²) in [5.41, 5.74) is 3.86. The van der Waals surface area contributed by atoms with Gasteiger partial charge in [0.2, 0.25) is 5.91 Å². The van der Waals surface area contributed by atoms with E-state index >= 15 is 0 Å². The molecule has 4 rings (SSSR count). The van der Waals surface area contributed by atoms with Crippen LogP contribution in [0.15, 0.2) is 36.7 Å². The van der Waals surface area contributed by atoms with E-state index in [0.29, 0.717) is 18.9 Å². The van der Waals surface area contributed by atoms with Crippen LogP contribution in [0.1, 0.15) is 29.8 Å². The van der Waals surface area contributed by atoms with E-state index in [1.54, 1.807) is 18.5 Å². The first-order chi connectivity index (χ1) is 15.1. The molecule has 1 aromatic heterocycles. The van der Waals surface area contributed by atoms with E-state index < -0.39 is 0 Å². The van der Waals surface area contributed by atoms with Crippen molar-refractivity contribution in [3.05, 3.63) is 53.6 Å². The number of carbonyl (C=O) groups is 1. The molecule has 2 aromatic rings. The van der Waals surface area contributed by atoms with Crippen molar-refractivity contribution in [2.75, 3.05) is 52.1 Å². The number of amides is 1. The summed E-state index contributed by atoms with van der Waals surface area (Å²) in [5.74, 6) is 1.66. The highest BCUT2D eigenvalue weighted by molar-refractivity contribution is 5.81. The summed E-state index contributed by atoms with van der Waals surface area (Å²) >= 11 is 0. The standard InChI is InChI=1S/C24H34N6O/c1-28(2)13-14-30(18-23-25-10-4-11-26-23)24(31)15-27-22-6-3-5-20-17-29(12-9-21(20)22)16-19-7-8-19/h3-6,10-11,19,27H,7-9,12-18H2,1-2H3. The first-order valence-electron chi connectivity index (χ1n) is 11.3. The molecule has 7 heteroatoms. The minimum absolute atomic E-state index is 0.0677. The van der Waals surface area contributed by atoms with Crippen LogP contribution < -0.4 is 5.32 Å². The zero-order valence-electron chi connectivity index (χ0n) is 18.8. The Labute approximate surface area is 185 Å². The normalized spacial score (nSPS) is 16.2. The molecule has 1 aromatic carbocycles. The number of likely N-dealkylation sites (N-methyl/N-ethyl adjacent to an activating group) is 1. The zero-order chi connectivity index (χ0) is 21.6. The van der Waals surface area contributed by atoms with Crippen molar-refractivity contribution >= 4 is 11.6 Å². The summed E-state index contributed by atoms with van der Waals surface area (Å²) in [6, 6.07) is 8.24. The Morgan fingerprint density at radius 1 is 1.16 bits per heavy atom. The van der Waals surface area contributed by atoms with Crippen molar-refractivity contribution in [2.45, 2.75) is 32.4 Å². The lowest BCUT2D eigenvalue weighted by molar-refractivity contribution is -0.130. The fourth-order valence-electron chi connectivity index (χ4n) is 4.13. The molecule has 0 radical (unpaired) electrons. The molecule has 0 atom stereocenters. The molecule has 0 bridgehead atoms. The Kier molecular flexibility index (Phi) is 7.14. The van der Waals surface area contributed by atoms with E-state index in [-0.39, 0.29) is 12.5 Å². The van der Waals surface area contributed by atoms with Gasteiger partial charge in [-0.25, -0.2) is 9.97 Å². The van der Waals surface area contributed by atoms with Gasteiger partial charge >= 0.3 is 0 Å². The third-order valence-corrected chi connectivity index (χ3v) is 6.11. The van der Waals surface area contributed by atoms with E-state index in [4.69, 9.17) is 0 Å². The number of carbonyl (C=O) groups excluding carboxylic acids is 1. The van der Waals surface area contributed by atoms with Gasteiger partial charge in [0, 0.05) is 50.8 Å². The predicted octanol–water partition coefficient (Wildman–Crippen LogP) is 2.25. The maximum Gasteiger partial charge on any atom is 0.242 e.